The third-order valence-corrected chi connectivity index (χ3v) is 9.86. The molecule has 8 nitrogen and oxygen atoms in total. The van der Waals surface area contributed by atoms with E-state index in [1.54, 1.807) is 24.3 Å². The Hall–Kier alpha value is -4.34. The number of anilines is 1. The van der Waals surface area contributed by atoms with Crippen molar-refractivity contribution in [2.24, 2.45) is 5.92 Å². The number of carbonyl (C=O) groups excluding carboxylic acids is 2. The smallest absolute Gasteiger partial charge is 0.264 e. The summed E-state index contributed by atoms with van der Waals surface area (Å²) in [5, 5.41) is 3.28. The normalized spacial score (nSPS) is 12.0. The quantitative estimate of drug-likeness (QED) is 0.163. The van der Waals surface area contributed by atoms with Gasteiger partial charge in [-0.05, 0) is 66.8 Å². The Bertz CT molecular complexity index is 1780. The average Bonchev–Trinajstić information content (AvgIpc) is 3.05. The minimum absolute atomic E-state index is 0.00102. The first-order chi connectivity index (χ1) is 22.4. The van der Waals surface area contributed by atoms with Crippen molar-refractivity contribution in [1.29, 1.82) is 0 Å². The van der Waals surface area contributed by atoms with Crippen molar-refractivity contribution in [2.45, 2.75) is 51.6 Å². The number of methoxy groups -OCH3 is 1. The number of nitrogens with one attached hydrogen (secondary N) is 1. The number of hydrogen-bond donors (Lipinski definition) is 1. The zero-order valence-electron chi connectivity index (χ0n) is 27.4. The number of rotatable bonds is 14. The van der Waals surface area contributed by atoms with E-state index in [2.05, 4.69) is 5.32 Å². The number of hydrogen-bond acceptors (Lipinski definition) is 5. The molecule has 0 aromatic heterocycles. The van der Waals surface area contributed by atoms with Crippen LogP contribution in [0.5, 0.6) is 5.75 Å². The second kappa shape index (κ2) is 16.0. The summed E-state index contributed by atoms with van der Waals surface area (Å²) in [6.07, 6.45) is 0.230. The van der Waals surface area contributed by atoms with Crippen molar-refractivity contribution in [3.8, 4) is 5.75 Å². The summed E-state index contributed by atoms with van der Waals surface area (Å²) in [7, 11) is -2.89. The summed E-state index contributed by atoms with van der Waals surface area (Å²) in [5.74, 6) is -0.481. The van der Waals surface area contributed by atoms with Crippen LogP contribution in [-0.2, 0) is 32.6 Å². The molecule has 0 saturated heterocycles. The van der Waals surface area contributed by atoms with Gasteiger partial charge in [-0.25, -0.2) is 8.42 Å². The Labute approximate surface area is 283 Å². The lowest BCUT2D eigenvalue weighted by Crippen LogP contribution is -2.53. The Morgan fingerprint density at radius 2 is 1.55 bits per heavy atom. The second-order valence-electron chi connectivity index (χ2n) is 11.9. The van der Waals surface area contributed by atoms with Crippen LogP contribution in [0.25, 0.3) is 0 Å². The van der Waals surface area contributed by atoms with Crippen LogP contribution >= 0.6 is 11.6 Å². The lowest BCUT2D eigenvalue weighted by molar-refractivity contribution is -0.140. The zero-order valence-corrected chi connectivity index (χ0v) is 29.0. The summed E-state index contributed by atoms with van der Waals surface area (Å²) in [5.41, 5.74) is 3.62. The van der Waals surface area contributed by atoms with Gasteiger partial charge in [-0.3, -0.25) is 13.9 Å². The minimum Gasteiger partial charge on any atom is -0.495 e. The third kappa shape index (κ3) is 9.14. The largest absolute Gasteiger partial charge is 0.495 e. The molecular weight excluding hydrogens is 634 g/mol. The SMILES string of the molecule is COc1ccc(Cl)cc1N(CC(=O)N(Cc1ccccc1C)[C@H](Cc1ccccc1)C(=O)NCC(C)C)S(=O)(=O)c1ccc(C)cc1. The summed E-state index contributed by atoms with van der Waals surface area (Å²) in [4.78, 5) is 30.1. The lowest BCUT2D eigenvalue weighted by atomic mass is 10.0. The van der Waals surface area contributed by atoms with Crippen LogP contribution in [0.15, 0.2) is 102 Å². The van der Waals surface area contributed by atoms with Gasteiger partial charge in [-0.15, -0.1) is 0 Å². The maximum absolute atomic E-state index is 14.7. The number of sulfonamides is 1. The van der Waals surface area contributed by atoms with Crippen LogP contribution in [0, 0.1) is 19.8 Å². The van der Waals surface area contributed by atoms with Crippen LogP contribution in [0.2, 0.25) is 5.02 Å². The lowest BCUT2D eigenvalue weighted by Gasteiger charge is -2.34. The first kappa shape index (κ1) is 35.5. The van der Waals surface area contributed by atoms with E-state index in [0.29, 0.717) is 6.54 Å². The molecule has 0 aliphatic carbocycles. The molecule has 0 fully saturated rings. The molecule has 0 radical (unpaired) electrons. The van der Waals surface area contributed by atoms with Gasteiger partial charge in [-0.2, -0.15) is 0 Å². The first-order valence-electron chi connectivity index (χ1n) is 15.5. The van der Waals surface area contributed by atoms with Crippen molar-refractivity contribution in [1.82, 2.24) is 10.2 Å². The molecule has 0 unspecified atom stereocenters. The van der Waals surface area contributed by atoms with E-state index in [4.69, 9.17) is 16.3 Å². The second-order valence-corrected chi connectivity index (χ2v) is 14.2. The maximum atomic E-state index is 14.7. The maximum Gasteiger partial charge on any atom is 0.264 e. The Morgan fingerprint density at radius 1 is 0.894 bits per heavy atom. The molecule has 248 valence electrons. The molecule has 2 amide bonds. The number of benzene rings is 4. The van der Waals surface area contributed by atoms with Gasteiger partial charge in [0.2, 0.25) is 11.8 Å². The summed E-state index contributed by atoms with van der Waals surface area (Å²) < 4.78 is 35.3. The highest BCUT2D eigenvalue weighted by Crippen LogP contribution is 2.35. The van der Waals surface area contributed by atoms with E-state index >= 15 is 0 Å². The van der Waals surface area contributed by atoms with E-state index in [1.165, 1.54) is 30.2 Å². The van der Waals surface area contributed by atoms with Crippen molar-refractivity contribution < 1.29 is 22.7 Å². The van der Waals surface area contributed by atoms with E-state index in [9.17, 15) is 18.0 Å². The third-order valence-electron chi connectivity index (χ3n) is 7.86. The van der Waals surface area contributed by atoms with Gasteiger partial charge in [0, 0.05) is 24.5 Å². The van der Waals surface area contributed by atoms with Crippen molar-refractivity contribution in [2.75, 3.05) is 24.5 Å². The molecule has 4 aromatic rings. The number of halogens is 1. The fraction of sp³-hybridized carbons (Fsp3) is 0.297. The summed E-state index contributed by atoms with van der Waals surface area (Å²) in [6, 6.07) is 27.2. The van der Waals surface area contributed by atoms with Crippen molar-refractivity contribution in [3.63, 3.8) is 0 Å². The van der Waals surface area contributed by atoms with Crippen molar-refractivity contribution in [3.05, 3.63) is 124 Å². The van der Waals surface area contributed by atoms with Crippen LogP contribution in [0.3, 0.4) is 0 Å². The topological polar surface area (TPSA) is 96.0 Å². The van der Waals surface area contributed by atoms with Crippen LogP contribution < -0.4 is 14.4 Å². The molecule has 0 spiro atoms. The molecule has 1 atom stereocenters. The molecule has 0 aliphatic rings. The molecule has 0 saturated carbocycles. The highest BCUT2D eigenvalue weighted by molar-refractivity contribution is 7.92. The number of nitrogens with zero attached hydrogens (tertiary/aromatic N) is 2. The minimum atomic E-state index is -4.31. The molecule has 47 heavy (non-hydrogen) atoms. The molecule has 10 heteroatoms. The molecule has 4 rings (SSSR count). The molecule has 0 bridgehead atoms. The van der Waals surface area contributed by atoms with Crippen molar-refractivity contribution >= 4 is 39.1 Å². The zero-order chi connectivity index (χ0) is 34.1. The summed E-state index contributed by atoms with van der Waals surface area (Å²) in [6.45, 7) is 7.69. The van der Waals surface area contributed by atoms with E-state index < -0.39 is 28.5 Å². The average molecular weight is 676 g/mol. The number of ether oxygens (including phenoxy) is 1. The van der Waals surface area contributed by atoms with Crippen LogP contribution in [-0.4, -0.2) is 51.4 Å². The number of aryl methyl sites for hydroxylation is 2. The summed E-state index contributed by atoms with van der Waals surface area (Å²) >= 11 is 6.38. The highest BCUT2D eigenvalue weighted by Gasteiger charge is 2.36. The van der Waals surface area contributed by atoms with Crippen LogP contribution in [0.1, 0.15) is 36.1 Å². The molecule has 0 heterocycles. The molecule has 0 aliphatic heterocycles. The van der Waals surface area contributed by atoms with E-state index in [0.717, 1.165) is 26.6 Å². The Balaban J connectivity index is 1.86. The number of carbonyl (C=O) groups is 2. The Morgan fingerprint density at radius 3 is 2.19 bits per heavy atom. The van der Waals surface area contributed by atoms with E-state index in [-0.39, 0.29) is 46.1 Å². The standard InChI is InChI=1S/C37H42ClN3O5S/c1-26(2)23-39-37(43)34(21-29-12-7-6-8-13-29)40(24-30-14-10-9-11-28(30)4)36(42)25-41(33-22-31(38)17-20-35(33)46-5)47(44,45)32-18-15-27(3)16-19-32/h6-20,22,26,34H,21,23-25H2,1-5H3,(H,39,43)/t34-/m1/s1. The van der Waals surface area contributed by atoms with Gasteiger partial charge in [0.15, 0.2) is 0 Å². The monoisotopic (exact) mass is 675 g/mol. The van der Waals surface area contributed by atoms with Crippen LogP contribution in [0.4, 0.5) is 5.69 Å². The van der Waals surface area contributed by atoms with Gasteiger partial charge < -0.3 is 15.0 Å². The van der Waals surface area contributed by atoms with Gasteiger partial charge >= 0.3 is 0 Å². The van der Waals surface area contributed by atoms with Gasteiger partial charge in [0.05, 0.1) is 17.7 Å². The highest BCUT2D eigenvalue weighted by atomic mass is 35.5. The molecular formula is C37H42ClN3O5S. The predicted molar refractivity (Wildman–Crippen MR) is 187 cm³/mol. The molecule has 1 N–H and O–H groups in total. The number of amides is 2. The fourth-order valence-electron chi connectivity index (χ4n) is 5.16. The predicted octanol–water partition coefficient (Wildman–Crippen LogP) is 6.57. The van der Waals surface area contributed by atoms with Gasteiger partial charge in [-0.1, -0.05) is 97.7 Å². The van der Waals surface area contributed by atoms with E-state index in [1.807, 2.05) is 82.3 Å². The van der Waals surface area contributed by atoms with Gasteiger partial charge in [0.25, 0.3) is 10.0 Å². The Kier molecular flexibility index (Phi) is 12.1. The first-order valence-corrected chi connectivity index (χ1v) is 17.3. The molecule has 4 aromatic carbocycles. The fourth-order valence-corrected chi connectivity index (χ4v) is 6.74. The van der Waals surface area contributed by atoms with Gasteiger partial charge in [0.1, 0.15) is 18.3 Å².